The lowest BCUT2D eigenvalue weighted by atomic mass is 9.93. The van der Waals surface area contributed by atoms with Crippen LogP contribution < -0.4 is 10.5 Å². The highest BCUT2D eigenvalue weighted by Crippen LogP contribution is 2.37. The van der Waals surface area contributed by atoms with Gasteiger partial charge >= 0.3 is 0 Å². The number of nitrogens with zero attached hydrogens (tertiary/aromatic N) is 3. The lowest BCUT2D eigenvalue weighted by Crippen LogP contribution is -2.48. The summed E-state index contributed by atoms with van der Waals surface area (Å²) in [5, 5.41) is 0.926. The van der Waals surface area contributed by atoms with Gasteiger partial charge in [0.15, 0.2) is 0 Å². The van der Waals surface area contributed by atoms with Gasteiger partial charge in [-0.25, -0.2) is 9.37 Å². The summed E-state index contributed by atoms with van der Waals surface area (Å²) in [6.45, 7) is 2.50. The van der Waals surface area contributed by atoms with Crippen molar-refractivity contribution in [2.24, 2.45) is 5.73 Å². The quantitative estimate of drug-likeness (QED) is 0.566. The lowest BCUT2D eigenvalue weighted by molar-refractivity contribution is -0.138. The fraction of sp³-hybridized carbons (Fsp3) is 0.423. The van der Waals surface area contributed by atoms with Gasteiger partial charge in [-0.05, 0) is 74.7 Å². The van der Waals surface area contributed by atoms with Crippen LogP contribution in [0.15, 0.2) is 36.5 Å². The molecule has 2 aliphatic heterocycles. The van der Waals surface area contributed by atoms with Gasteiger partial charge in [-0.1, -0.05) is 0 Å². The Morgan fingerprint density at radius 3 is 2.69 bits per heavy atom. The molecule has 2 amide bonds. The number of aromatic amines is 1. The maximum Gasteiger partial charge on any atom is 0.240 e. The van der Waals surface area contributed by atoms with Crippen LogP contribution in [0.5, 0.6) is 5.75 Å². The van der Waals surface area contributed by atoms with Crippen molar-refractivity contribution in [2.75, 3.05) is 33.3 Å². The van der Waals surface area contributed by atoms with Crippen LogP contribution in [0.25, 0.3) is 22.2 Å². The highest BCUT2D eigenvalue weighted by atomic mass is 19.1. The Kier molecular flexibility index (Phi) is 6.42. The fourth-order valence-corrected chi connectivity index (χ4v) is 5.44. The number of nitrogens with two attached hydrogens (primary N) is 1. The van der Waals surface area contributed by atoms with Crippen LogP contribution in [0, 0.1) is 5.82 Å². The molecule has 0 radical (unpaired) electrons. The zero-order chi connectivity index (χ0) is 24.5. The molecule has 0 bridgehead atoms. The van der Waals surface area contributed by atoms with Crippen molar-refractivity contribution in [3.05, 3.63) is 48.0 Å². The molecule has 1 aromatic carbocycles. The van der Waals surface area contributed by atoms with Crippen molar-refractivity contribution >= 4 is 22.8 Å². The van der Waals surface area contributed by atoms with Gasteiger partial charge in [-0.15, -0.1) is 0 Å². The summed E-state index contributed by atoms with van der Waals surface area (Å²) in [6, 6.07) is 8.02. The number of rotatable bonds is 6. The molecule has 0 saturated carbocycles. The number of likely N-dealkylation sites (tertiary alicyclic amines) is 2. The Morgan fingerprint density at radius 1 is 1.14 bits per heavy atom. The van der Waals surface area contributed by atoms with E-state index >= 15 is 0 Å². The predicted molar refractivity (Wildman–Crippen MR) is 130 cm³/mol. The summed E-state index contributed by atoms with van der Waals surface area (Å²) in [7, 11) is 1.58. The number of benzene rings is 1. The van der Waals surface area contributed by atoms with Crippen molar-refractivity contribution in [1.82, 2.24) is 19.8 Å². The third kappa shape index (κ3) is 4.60. The molecule has 1 atom stereocenters. The molecule has 9 heteroatoms. The molecule has 3 aromatic rings. The van der Waals surface area contributed by atoms with Crippen LogP contribution in [0.2, 0.25) is 0 Å². The summed E-state index contributed by atoms with van der Waals surface area (Å²) in [5.74, 6) is 0.157. The number of nitrogens with one attached hydrogen (secondary N) is 1. The Balaban J connectivity index is 1.29. The van der Waals surface area contributed by atoms with Gasteiger partial charge in [0.25, 0.3) is 0 Å². The topological polar surface area (TPSA) is 105 Å². The molecule has 3 N–H and O–H groups in total. The zero-order valence-electron chi connectivity index (χ0n) is 19.8. The van der Waals surface area contributed by atoms with E-state index < -0.39 is 11.9 Å². The number of hydrogen-bond acceptors (Lipinski definition) is 5. The second kappa shape index (κ2) is 9.65. The number of fused-ring (bicyclic) bond motifs is 1. The highest BCUT2D eigenvalue weighted by molar-refractivity contribution is 5.95. The smallest absolute Gasteiger partial charge is 0.240 e. The normalized spacial score (nSPS) is 19.4. The Morgan fingerprint density at radius 2 is 1.94 bits per heavy atom. The van der Waals surface area contributed by atoms with Gasteiger partial charge in [0.2, 0.25) is 11.8 Å². The number of hydrogen-bond donors (Lipinski definition) is 2. The van der Waals surface area contributed by atoms with Crippen molar-refractivity contribution in [2.45, 2.75) is 37.6 Å². The number of halogens is 1. The molecule has 2 aliphatic rings. The first-order chi connectivity index (χ1) is 16.9. The number of carbonyl (C=O) groups is 2. The number of H-pyrrole nitrogens is 1. The molecule has 0 spiro atoms. The van der Waals surface area contributed by atoms with E-state index in [2.05, 4.69) is 20.9 Å². The second-order valence-corrected chi connectivity index (χ2v) is 9.39. The van der Waals surface area contributed by atoms with Crippen LogP contribution in [-0.2, 0) is 9.59 Å². The van der Waals surface area contributed by atoms with Crippen LogP contribution in [0.4, 0.5) is 4.39 Å². The molecular weight excluding hydrogens is 449 g/mol. The average molecular weight is 480 g/mol. The molecular formula is C26H30FN5O3. The molecule has 2 fully saturated rings. The van der Waals surface area contributed by atoms with Gasteiger partial charge in [-0.3, -0.25) is 14.5 Å². The molecule has 2 saturated heterocycles. The number of pyridine rings is 1. The minimum Gasteiger partial charge on any atom is -0.496 e. The van der Waals surface area contributed by atoms with E-state index in [4.69, 9.17) is 10.5 Å². The van der Waals surface area contributed by atoms with Crippen molar-refractivity contribution in [3.63, 3.8) is 0 Å². The average Bonchev–Trinajstić information content (AvgIpc) is 3.52. The highest BCUT2D eigenvalue weighted by Gasteiger charge is 2.34. The van der Waals surface area contributed by atoms with E-state index in [0.717, 1.165) is 54.6 Å². The molecule has 184 valence electrons. The van der Waals surface area contributed by atoms with E-state index in [-0.39, 0.29) is 11.7 Å². The number of carbonyl (C=O) groups excluding carboxylic acids is 2. The molecule has 5 rings (SSSR count). The van der Waals surface area contributed by atoms with Crippen molar-refractivity contribution in [3.8, 4) is 16.9 Å². The number of aromatic nitrogens is 2. The van der Waals surface area contributed by atoms with Crippen LogP contribution in [0.1, 0.15) is 37.3 Å². The first-order valence-corrected chi connectivity index (χ1v) is 12.1. The number of piperidine rings is 1. The third-order valence-electron chi connectivity index (χ3n) is 7.29. The molecule has 4 heterocycles. The Labute approximate surface area is 203 Å². The molecule has 0 unspecified atom stereocenters. The monoisotopic (exact) mass is 479 g/mol. The van der Waals surface area contributed by atoms with Gasteiger partial charge in [-0.2, -0.15) is 0 Å². The number of primary amides is 1. The maximum absolute atomic E-state index is 14.0. The SMILES string of the molecule is COc1ccc(F)cc1-c1ccnc2[nH]c(C3CCN(CC(=O)N4CCC[C@H]4C(N)=O)CC3)cc12. The summed E-state index contributed by atoms with van der Waals surface area (Å²) in [6.07, 6.45) is 4.99. The Bertz CT molecular complexity index is 1250. The zero-order valence-corrected chi connectivity index (χ0v) is 19.8. The number of amides is 2. The van der Waals surface area contributed by atoms with Gasteiger partial charge in [0, 0.05) is 35.3 Å². The summed E-state index contributed by atoms with van der Waals surface area (Å²) in [5.41, 5.74) is 8.87. The van der Waals surface area contributed by atoms with Gasteiger partial charge < -0.3 is 20.4 Å². The largest absolute Gasteiger partial charge is 0.496 e. The first-order valence-electron chi connectivity index (χ1n) is 12.1. The standard InChI is InChI=1S/C26H30FN5O3/c1-35-23-5-4-17(27)13-19(23)18-6-9-29-26-20(18)14-21(30-26)16-7-11-31(12-8-16)15-24(33)32-10-2-3-22(32)25(28)34/h4-6,9,13-14,16,22H,2-3,7-8,10-12,15H2,1H3,(H2,28,34)(H,29,30)/t22-/m0/s1. The van der Waals surface area contributed by atoms with E-state index in [0.29, 0.717) is 36.7 Å². The molecule has 0 aliphatic carbocycles. The van der Waals surface area contributed by atoms with Crippen molar-refractivity contribution < 1.29 is 18.7 Å². The van der Waals surface area contributed by atoms with E-state index in [9.17, 15) is 14.0 Å². The minimum atomic E-state index is -0.468. The van der Waals surface area contributed by atoms with Crippen LogP contribution in [-0.4, -0.2) is 70.9 Å². The van der Waals surface area contributed by atoms with E-state index in [1.165, 1.54) is 12.1 Å². The summed E-state index contributed by atoms with van der Waals surface area (Å²) < 4.78 is 19.5. The summed E-state index contributed by atoms with van der Waals surface area (Å²) >= 11 is 0. The number of methoxy groups -OCH3 is 1. The lowest BCUT2D eigenvalue weighted by Gasteiger charge is -2.33. The number of ether oxygens (including phenoxy) is 1. The predicted octanol–water partition coefficient (Wildman–Crippen LogP) is 3.03. The maximum atomic E-state index is 14.0. The van der Waals surface area contributed by atoms with Crippen LogP contribution in [0.3, 0.4) is 0 Å². The Hall–Kier alpha value is -3.46. The third-order valence-corrected chi connectivity index (χ3v) is 7.29. The fourth-order valence-electron chi connectivity index (χ4n) is 5.44. The van der Waals surface area contributed by atoms with E-state index in [1.807, 2.05) is 6.07 Å². The summed E-state index contributed by atoms with van der Waals surface area (Å²) in [4.78, 5) is 36.1. The van der Waals surface area contributed by atoms with E-state index in [1.54, 1.807) is 24.3 Å². The second-order valence-electron chi connectivity index (χ2n) is 9.39. The minimum absolute atomic E-state index is 0.0201. The molecule has 2 aromatic heterocycles. The van der Waals surface area contributed by atoms with Gasteiger partial charge in [0.1, 0.15) is 23.3 Å². The van der Waals surface area contributed by atoms with Crippen molar-refractivity contribution in [1.29, 1.82) is 0 Å². The molecule has 8 nitrogen and oxygen atoms in total. The van der Waals surface area contributed by atoms with Gasteiger partial charge in [0.05, 0.1) is 13.7 Å². The van der Waals surface area contributed by atoms with Crippen LogP contribution >= 0.6 is 0 Å². The molecule has 35 heavy (non-hydrogen) atoms. The first kappa shape index (κ1) is 23.3.